The third-order valence-electron chi connectivity index (χ3n) is 6.55. The van der Waals surface area contributed by atoms with Gasteiger partial charge in [-0.05, 0) is 43.7 Å². The van der Waals surface area contributed by atoms with Crippen molar-refractivity contribution >= 4 is 16.9 Å². The lowest BCUT2D eigenvalue weighted by Gasteiger charge is -2.34. The Morgan fingerprint density at radius 2 is 1.93 bits per heavy atom. The molecule has 1 aromatic carbocycles. The van der Waals surface area contributed by atoms with Crippen LogP contribution in [-0.2, 0) is 6.42 Å². The van der Waals surface area contributed by atoms with Gasteiger partial charge in [-0.2, -0.15) is 0 Å². The molecule has 1 saturated carbocycles. The van der Waals surface area contributed by atoms with E-state index in [1.54, 1.807) is 13.4 Å². The normalized spacial score (nSPS) is 18.8. The number of fused-ring (bicyclic) bond motifs is 1. The molecule has 2 amide bonds. The number of methoxy groups -OCH3 is 1. The number of aromatic nitrogens is 2. The van der Waals surface area contributed by atoms with Crippen molar-refractivity contribution in [1.29, 1.82) is 0 Å². The van der Waals surface area contributed by atoms with Crippen LogP contribution in [0.2, 0.25) is 0 Å². The highest BCUT2D eigenvalue weighted by Crippen LogP contribution is 2.34. The molecule has 2 heterocycles. The van der Waals surface area contributed by atoms with Gasteiger partial charge in [-0.1, -0.05) is 26.2 Å². The molecule has 29 heavy (non-hydrogen) atoms. The Balaban J connectivity index is 0.00000256. The molecule has 158 valence electrons. The fourth-order valence-corrected chi connectivity index (χ4v) is 4.81. The second-order valence-corrected chi connectivity index (χ2v) is 8.34. The number of piperidine rings is 1. The van der Waals surface area contributed by atoms with Crippen molar-refractivity contribution in [3.63, 3.8) is 0 Å². The molecule has 2 aliphatic rings. The molecule has 1 aliphatic carbocycles. The average molecular weight is 399 g/mol. The molecule has 6 nitrogen and oxygen atoms in total. The van der Waals surface area contributed by atoms with Crippen molar-refractivity contribution in [1.82, 2.24) is 20.2 Å². The molecule has 1 aromatic heterocycles. The quantitative estimate of drug-likeness (QED) is 0.813. The van der Waals surface area contributed by atoms with Gasteiger partial charge in [0, 0.05) is 37.9 Å². The predicted octanol–water partition coefficient (Wildman–Crippen LogP) is 4.67. The summed E-state index contributed by atoms with van der Waals surface area (Å²) in [5, 5.41) is 4.37. The van der Waals surface area contributed by atoms with Gasteiger partial charge >= 0.3 is 6.03 Å². The highest BCUT2D eigenvalue weighted by molar-refractivity contribution is 5.84. The van der Waals surface area contributed by atoms with Crippen molar-refractivity contribution in [2.24, 2.45) is 0 Å². The van der Waals surface area contributed by atoms with Crippen LogP contribution >= 0.6 is 0 Å². The minimum atomic E-state index is 0. The number of likely N-dealkylation sites (tertiary alicyclic amines) is 1. The number of hydrogen-bond donors (Lipinski definition) is 1. The zero-order valence-corrected chi connectivity index (χ0v) is 17.6. The van der Waals surface area contributed by atoms with Crippen molar-refractivity contribution in [2.75, 3.05) is 20.2 Å². The second-order valence-electron chi connectivity index (χ2n) is 8.34. The zero-order chi connectivity index (χ0) is 20.2. The van der Waals surface area contributed by atoms with Crippen molar-refractivity contribution in [3.8, 4) is 5.75 Å². The minimum absolute atomic E-state index is 0. The van der Waals surface area contributed by atoms with Gasteiger partial charge in [-0.3, -0.25) is 0 Å². The van der Waals surface area contributed by atoms with E-state index in [1.807, 2.05) is 11.0 Å². The molecule has 1 aliphatic heterocycles. The molecule has 4 rings (SSSR count). The maximum atomic E-state index is 12.7. The van der Waals surface area contributed by atoms with Crippen LogP contribution in [0.5, 0.6) is 5.75 Å². The number of urea groups is 1. The Bertz CT molecular complexity index is 862. The predicted molar refractivity (Wildman–Crippen MR) is 117 cm³/mol. The summed E-state index contributed by atoms with van der Waals surface area (Å²) in [4.78, 5) is 23.7. The van der Waals surface area contributed by atoms with Gasteiger partial charge in [0.15, 0.2) is 0 Å². The highest BCUT2D eigenvalue weighted by Gasteiger charge is 2.27. The summed E-state index contributed by atoms with van der Waals surface area (Å²) in [6.45, 7) is 3.70. The van der Waals surface area contributed by atoms with E-state index in [4.69, 9.17) is 4.74 Å². The van der Waals surface area contributed by atoms with Crippen LogP contribution in [0, 0.1) is 0 Å². The van der Waals surface area contributed by atoms with E-state index in [2.05, 4.69) is 28.3 Å². The fraction of sp³-hybridized carbons (Fsp3) is 0.609. The van der Waals surface area contributed by atoms with E-state index in [9.17, 15) is 4.79 Å². The fourth-order valence-electron chi connectivity index (χ4n) is 4.81. The number of aryl methyl sites for hydroxylation is 1. The van der Waals surface area contributed by atoms with Crippen molar-refractivity contribution < 1.29 is 11.0 Å². The average Bonchev–Trinajstić information content (AvgIpc) is 2.78. The van der Waals surface area contributed by atoms with E-state index in [1.165, 1.54) is 24.8 Å². The van der Waals surface area contributed by atoms with Crippen LogP contribution in [0.15, 0.2) is 18.5 Å². The SMILES string of the molecule is CCc1cc2c(C3CCN(C(=O)NC4CCCCC4)CC3)ncnc2cc1OC.[HH]. The van der Waals surface area contributed by atoms with Gasteiger partial charge in [0.1, 0.15) is 12.1 Å². The topological polar surface area (TPSA) is 67.4 Å². The van der Waals surface area contributed by atoms with E-state index in [0.717, 1.165) is 67.5 Å². The Hall–Kier alpha value is -2.37. The Kier molecular flexibility index (Phi) is 6.16. The summed E-state index contributed by atoms with van der Waals surface area (Å²) in [7, 11) is 1.70. The molecule has 0 unspecified atom stereocenters. The van der Waals surface area contributed by atoms with E-state index < -0.39 is 0 Å². The Morgan fingerprint density at radius 1 is 1.17 bits per heavy atom. The van der Waals surface area contributed by atoms with E-state index in [0.29, 0.717) is 12.0 Å². The van der Waals surface area contributed by atoms with Gasteiger partial charge < -0.3 is 15.0 Å². The number of hydrogen-bond acceptors (Lipinski definition) is 4. The largest absolute Gasteiger partial charge is 0.496 e. The van der Waals surface area contributed by atoms with Gasteiger partial charge in [0.05, 0.1) is 18.3 Å². The maximum Gasteiger partial charge on any atom is 0.317 e. The monoisotopic (exact) mass is 398 g/mol. The third kappa shape index (κ3) is 4.31. The van der Waals surface area contributed by atoms with Gasteiger partial charge in [-0.15, -0.1) is 0 Å². The van der Waals surface area contributed by atoms with Crippen LogP contribution in [-0.4, -0.2) is 47.1 Å². The number of nitrogens with zero attached hydrogens (tertiary/aromatic N) is 3. The Morgan fingerprint density at radius 3 is 2.62 bits per heavy atom. The number of ether oxygens (including phenoxy) is 1. The summed E-state index contributed by atoms with van der Waals surface area (Å²) < 4.78 is 5.52. The molecular formula is C23H34N4O2. The van der Waals surface area contributed by atoms with Crippen LogP contribution in [0.25, 0.3) is 10.9 Å². The first-order valence-electron chi connectivity index (χ1n) is 11.1. The molecule has 0 atom stereocenters. The minimum Gasteiger partial charge on any atom is -0.496 e. The van der Waals surface area contributed by atoms with Crippen molar-refractivity contribution in [2.45, 2.75) is 70.3 Å². The lowest BCUT2D eigenvalue weighted by atomic mass is 9.90. The second kappa shape index (κ2) is 8.97. The molecule has 1 saturated heterocycles. The first-order chi connectivity index (χ1) is 14.2. The summed E-state index contributed by atoms with van der Waals surface area (Å²) in [5.74, 6) is 1.25. The number of benzene rings is 1. The van der Waals surface area contributed by atoms with Crippen molar-refractivity contribution in [3.05, 3.63) is 29.7 Å². The highest BCUT2D eigenvalue weighted by atomic mass is 16.5. The summed E-state index contributed by atoms with van der Waals surface area (Å²) in [6, 6.07) is 4.68. The number of rotatable bonds is 4. The molecule has 0 spiro atoms. The molecule has 6 heteroatoms. The van der Waals surface area contributed by atoms with Gasteiger partial charge in [0.25, 0.3) is 0 Å². The smallest absolute Gasteiger partial charge is 0.317 e. The first-order valence-corrected chi connectivity index (χ1v) is 11.1. The summed E-state index contributed by atoms with van der Waals surface area (Å²) in [5.41, 5.74) is 3.22. The number of carbonyl (C=O) groups excluding carboxylic acids is 1. The van der Waals surface area contributed by atoms with Crippen LogP contribution < -0.4 is 10.1 Å². The number of nitrogens with one attached hydrogen (secondary N) is 1. The molecule has 2 aromatic rings. The molecule has 2 fully saturated rings. The van der Waals surface area contributed by atoms with Crippen LogP contribution in [0.4, 0.5) is 4.79 Å². The van der Waals surface area contributed by atoms with E-state index in [-0.39, 0.29) is 7.46 Å². The standard InChI is InChI=1S/C23H32N4O2.H2/c1-3-16-13-19-20(14-21(16)29-2)24-15-25-22(19)17-9-11-27(12-10-17)23(28)26-18-7-5-4-6-8-18;/h13-15,17-18H,3-12H2,1-2H3,(H,26,28);1H. The maximum absolute atomic E-state index is 12.7. The lowest BCUT2D eigenvalue weighted by molar-refractivity contribution is 0.174. The van der Waals surface area contributed by atoms with Crippen LogP contribution in [0.1, 0.15) is 70.5 Å². The van der Waals surface area contributed by atoms with Crippen LogP contribution in [0.3, 0.4) is 0 Å². The van der Waals surface area contributed by atoms with E-state index >= 15 is 0 Å². The molecule has 0 bridgehead atoms. The van der Waals surface area contributed by atoms with Gasteiger partial charge in [-0.25, -0.2) is 14.8 Å². The zero-order valence-electron chi connectivity index (χ0n) is 17.6. The number of amides is 2. The first kappa shape index (κ1) is 19.9. The molecular weight excluding hydrogens is 364 g/mol. The lowest BCUT2D eigenvalue weighted by Crippen LogP contribution is -2.48. The summed E-state index contributed by atoms with van der Waals surface area (Å²) >= 11 is 0. The third-order valence-corrected chi connectivity index (χ3v) is 6.55. The molecule has 1 N–H and O–H groups in total. The number of carbonyl (C=O) groups is 1. The summed E-state index contributed by atoms with van der Waals surface area (Å²) in [6.07, 6.45) is 10.5. The molecule has 0 radical (unpaired) electrons. The van der Waals surface area contributed by atoms with Gasteiger partial charge in [0.2, 0.25) is 0 Å². The Labute approximate surface area is 174 Å².